The molecule has 4 heterocycles. The van der Waals surface area contributed by atoms with Crippen molar-refractivity contribution in [2.75, 3.05) is 42.1 Å². The van der Waals surface area contributed by atoms with Crippen LogP contribution in [-0.4, -0.2) is 110 Å². The number of carbonyl (C=O) groups is 2. The number of aliphatic carboxylic acids is 1. The number of aromatic amines is 1. The van der Waals surface area contributed by atoms with Gasteiger partial charge in [-0.15, -0.1) is 5.10 Å². The number of H-pyrrole nitrogens is 1. The van der Waals surface area contributed by atoms with Gasteiger partial charge in [0.1, 0.15) is 6.04 Å². The number of aromatic hydroxyl groups is 1. The maximum absolute atomic E-state index is 12.8. The zero-order valence-electron chi connectivity index (χ0n) is 26.4. The topological polar surface area (TPSA) is 260 Å². The Kier molecular flexibility index (Phi) is 10.2. The van der Waals surface area contributed by atoms with E-state index < -0.39 is 12.0 Å². The number of piperazine rings is 1. The van der Waals surface area contributed by atoms with Gasteiger partial charge in [-0.05, 0) is 45.8 Å². The maximum Gasteiger partial charge on any atom is 0.326 e. The first-order valence-electron chi connectivity index (χ1n) is 15.4. The molecule has 6 N–H and O–H groups in total. The fraction of sp³-hybridized carbons (Fsp3) is 0.258. The van der Waals surface area contributed by atoms with Crippen LogP contribution in [0.3, 0.4) is 0 Å². The number of carboxylic acid groups (broad SMARTS) is 1. The Balaban J connectivity index is 1.14. The third kappa shape index (κ3) is 8.55. The SMILES string of the molecule is N#Cc1ccc(C[C@H](Nc2nc(NCc3nnn[nH]3)nc(Nc3cccc(CN4CCN(C(=O)c5nccnc5O)CC4)c3)n2)C(=O)O)cc1. The van der Waals surface area contributed by atoms with Crippen molar-refractivity contribution in [2.45, 2.75) is 25.6 Å². The van der Waals surface area contributed by atoms with E-state index in [9.17, 15) is 19.8 Å². The van der Waals surface area contributed by atoms with E-state index >= 15 is 0 Å². The Bertz CT molecular complexity index is 1980. The summed E-state index contributed by atoms with van der Waals surface area (Å²) in [5.41, 5.74) is 2.80. The fourth-order valence-corrected chi connectivity index (χ4v) is 5.17. The predicted octanol–water partition coefficient (Wildman–Crippen LogP) is 1.17. The Hall–Kier alpha value is -6.81. The van der Waals surface area contributed by atoms with Crippen LogP contribution < -0.4 is 16.0 Å². The fourth-order valence-electron chi connectivity index (χ4n) is 5.17. The van der Waals surface area contributed by atoms with E-state index in [1.807, 2.05) is 30.3 Å². The molecule has 6 rings (SSSR count). The number of carbonyl (C=O) groups excluding carboxylic acids is 1. The monoisotopic (exact) mass is 677 g/mol. The van der Waals surface area contributed by atoms with Crippen LogP contribution in [0.4, 0.5) is 23.5 Å². The number of nitriles is 1. The smallest absolute Gasteiger partial charge is 0.326 e. The maximum atomic E-state index is 12.8. The van der Waals surface area contributed by atoms with Crippen molar-refractivity contribution >= 4 is 35.4 Å². The van der Waals surface area contributed by atoms with Crippen molar-refractivity contribution < 1.29 is 19.8 Å². The molecule has 0 saturated carbocycles. The van der Waals surface area contributed by atoms with Gasteiger partial charge in [-0.25, -0.2) is 19.9 Å². The largest absolute Gasteiger partial charge is 0.492 e. The van der Waals surface area contributed by atoms with Gasteiger partial charge in [0.25, 0.3) is 5.91 Å². The number of carboxylic acids is 1. The van der Waals surface area contributed by atoms with Gasteiger partial charge in [-0.3, -0.25) is 9.69 Å². The number of tetrazole rings is 1. The molecule has 0 spiro atoms. The van der Waals surface area contributed by atoms with Crippen molar-refractivity contribution in [3.63, 3.8) is 0 Å². The van der Waals surface area contributed by atoms with Gasteiger partial charge in [0.05, 0.1) is 18.2 Å². The van der Waals surface area contributed by atoms with Crippen molar-refractivity contribution in [3.05, 3.63) is 89.1 Å². The summed E-state index contributed by atoms with van der Waals surface area (Å²) in [6.07, 6.45) is 2.81. The molecule has 3 aromatic heterocycles. The van der Waals surface area contributed by atoms with Crippen molar-refractivity contribution in [1.82, 2.24) is 55.3 Å². The average molecular weight is 678 g/mol. The van der Waals surface area contributed by atoms with Crippen molar-refractivity contribution in [2.24, 2.45) is 0 Å². The molecule has 0 unspecified atom stereocenters. The quantitative estimate of drug-likeness (QED) is 0.102. The molecule has 19 nitrogen and oxygen atoms in total. The van der Waals surface area contributed by atoms with Gasteiger partial charge in [-0.1, -0.05) is 24.3 Å². The van der Waals surface area contributed by atoms with Crippen LogP contribution in [0.2, 0.25) is 0 Å². The number of rotatable bonds is 13. The molecule has 1 amide bonds. The zero-order chi connectivity index (χ0) is 34.9. The molecule has 0 radical (unpaired) electrons. The number of aromatic nitrogens is 9. The summed E-state index contributed by atoms with van der Waals surface area (Å²) in [7, 11) is 0. The normalized spacial score (nSPS) is 13.6. The lowest BCUT2D eigenvalue weighted by atomic mass is 10.0. The summed E-state index contributed by atoms with van der Waals surface area (Å²) in [4.78, 5) is 49.9. The van der Waals surface area contributed by atoms with Gasteiger partial charge in [0.15, 0.2) is 11.5 Å². The molecule has 50 heavy (non-hydrogen) atoms. The van der Waals surface area contributed by atoms with Crippen LogP contribution in [0, 0.1) is 11.3 Å². The Morgan fingerprint density at radius 1 is 0.960 bits per heavy atom. The van der Waals surface area contributed by atoms with Crippen LogP contribution in [-0.2, 0) is 24.3 Å². The highest BCUT2D eigenvalue weighted by atomic mass is 16.4. The highest BCUT2D eigenvalue weighted by Crippen LogP contribution is 2.21. The van der Waals surface area contributed by atoms with Crippen molar-refractivity contribution in [3.8, 4) is 11.9 Å². The van der Waals surface area contributed by atoms with Gasteiger partial charge in [0, 0.05) is 57.2 Å². The van der Waals surface area contributed by atoms with Crippen LogP contribution in [0.25, 0.3) is 0 Å². The van der Waals surface area contributed by atoms with Crippen LogP contribution >= 0.6 is 0 Å². The van der Waals surface area contributed by atoms with Gasteiger partial charge in [-0.2, -0.15) is 20.2 Å². The second-order valence-corrected chi connectivity index (χ2v) is 11.2. The van der Waals surface area contributed by atoms with Gasteiger partial charge < -0.3 is 31.1 Å². The number of nitrogens with one attached hydrogen (secondary N) is 4. The lowest BCUT2D eigenvalue weighted by molar-refractivity contribution is -0.137. The molecule has 1 aliphatic heterocycles. The molecule has 1 saturated heterocycles. The first kappa shape index (κ1) is 33.1. The van der Waals surface area contributed by atoms with Crippen LogP contribution in [0.1, 0.15) is 33.0 Å². The second kappa shape index (κ2) is 15.4. The van der Waals surface area contributed by atoms with E-state index in [2.05, 4.69) is 66.4 Å². The molecule has 5 aromatic rings. The third-order valence-electron chi connectivity index (χ3n) is 7.69. The molecule has 19 heteroatoms. The van der Waals surface area contributed by atoms with E-state index in [-0.39, 0.29) is 48.3 Å². The summed E-state index contributed by atoms with van der Waals surface area (Å²) in [6, 6.07) is 15.3. The van der Waals surface area contributed by atoms with E-state index in [0.29, 0.717) is 55.4 Å². The summed E-state index contributed by atoms with van der Waals surface area (Å²) >= 11 is 0. The lowest BCUT2D eigenvalue weighted by Gasteiger charge is -2.34. The summed E-state index contributed by atoms with van der Waals surface area (Å²) in [6.45, 7) is 2.96. The Labute approximate surface area is 284 Å². The molecule has 0 bridgehead atoms. The minimum atomic E-state index is -1.11. The highest BCUT2D eigenvalue weighted by molar-refractivity contribution is 5.94. The van der Waals surface area contributed by atoms with E-state index in [4.69, 9.17) is 5.26 Å². The summed E-state index contributed by atoms with van der Waals surface area (Å²) < 4.78 is 0. The molecule has 2 aromatic carbocycles. The Morgan fingerprint density at radius 2 is 1.72 bits per heavy atom. The predicted molar refractivity (Wildman–Crippen MR) is 176 cm³/mol. The van der Waals surface area contributed by atoms with Gasteiger partial charge >= 0.3 is 5.97 Å². The van der Waals surface area contributed by atoms with Gasteiger partial charge in [0.2, 0.25) is 23.7 Å². The molecule has 1 aliphatic rings. The number of benzene rings is 2. The minimum absolute atomic E-state index is 0.0140. The van der Waals surface area contributed by atoms with Crippen LogP contribution in [0.15, 0.2) is 60.9 Å². The number of hydrogen-bond acceptors (Lipinski definition) is 16. The van der Waals surface area contributed by atoms with Crippen molar-refractivity contribution in [1.29, 1.82) is 5.26 Å². The standard InChI is InChI=1S/C31H31N15O4/c32-16-20-6-4-19(5-7-20)15-23(28(49)50)37-31-39-29(35-17-24-41-43-44-42-24)38-30(40-31)36-22-3-1-2-21(14-22)18-45-10-12-46(13-11-45)27(48)25-26(47)34-9-8-33-25/h1-9,14,23H,10-13,15,17-18H2,(H,34,47)(H,49,50)(H,41,42,43,44)(H3,35,36,37,38,39,40)/t23-/m0/s1. The molecular weight excluding hydrogens is 646 g/mol. The first-order chi connectivity index (χ1) is 24.3. The number of hydrogen-bond donors (Lipinski definition) is 6. The number of nitrogens with zero attached hydrogens (tertiary/aromatic N) is 11. The number of anilines is 4. The molecular formula is C31H31N15O4. The zero-order valence-corrected chi connectivity index (χ0v) is 26.4. The second-order valence-electron chi connectivity index (χ2n) is 11.2. The number of amides is 1. The van der Waals surface area contributed by atoms with E-state index in [1.165, 1.54) is 12.4 Å². The minimum Gasteiger partial charge on any atom is -0.492 e. The highest BCUT2D eigenvalue weighted by Gasteiger charge is 2.26. The molecule has 0 aliphatic carbocycles. The van der Waals surface area contributed by atoms with E-state index in [0.717, 1.165) is 5.56 Å². The molecule has 254 valence electrons. The summed E-state index contributed by atoms with van der Waals surface area (Å²) in [5.74, 6) is -1.12. The summed E-state index contributed by atoms with van der Waals surface area (Å²) in [5, 5.41) is 51.7. The average Bonchev–Trinajstić information content (AvgIpc) is 3.65. The Morgan fingerprint density at radius 3 is 2.44 bits per heavy atom. The molecule has 1 fully saturated rings. The van der Waals surface area contributed by atoms with E-state index in [1.54, 1.807) is 29.2 Å². The first-order valence-corrected chi connectivity index (χ1v) is 15.4. The molecule has 1 atom stereocenters. The third-order valence-corrected chi connectivity index (χ3v) is 7.69. The van der Waals surface area contributed by atoms with Crippen LogP contribution in [0.5, 0.6) is 5.88 Å². The lowest BCUT2D eigenvalue weighted by Crippen LogP contribution is -2.48.